The van der Waals surface area contributed by atoms with Crippen LogP contribution in [0, 0.1) is 6.92 Å². The van der Waals surface area contributed by atoms with E-state index in [0.29, 0.717) is 5.82 Å². The number of aromatic amines is 2. The van der Waals surface area contributed by atoms with E-state index in [9.17, 15) is 8.42 Å². The van der Waals surface area contributed by atoms with Gasteiger partial charge >= 0.3 is 0 Å². The van der Waals surface area contributed by atoms with Crippen LogP contribution in [0.1, 0.15) is 35.8 Å². The third kappa shape index (κ3) is 3.10. The first kappa shape index (κ1) is 16.0. The van der Waals surface area contributed by atoms with E-state index >= 15 is 0 Å². The van der Waals surface area contributed by atoms with Crippen LogP contribution in [0.4, 0.5) is 0 Å². The molecule has 3 N–H and O–H groups in total. The first-order valence-corrected chi connectivity index (χ1v) is 9.68. The van der Waals surface area contributed by atoms with E-state index in [1.165, 1.54) is 0 Å². The first-order chi connectivity index (χ1) is 12.0. The number of hydrogen-bond acceptors (Lipinski definition) is 4. The Morgan fingerprint density at radius 1 is 1.28 bits per heavy atom. The zero-order chi connectivity index (χ0) is 17.4. The fraction of sp³-hybridized carbons (Fsp3) is 0.294. The van der Waals surface area contributed by atoms with E-state index in [-0.39, 0.29) is 10.9 Å². The smallest absolute Gasteiger partial charge is 0.241 e. The molecule has 0 saturated heterocycles. The Bertz CT molecular complexity index is 1010. The van der Waals surface area contributed by atoms with Crippen molar-refractivity contribution < 1.29 is 8.42 Å². The third-order valence-electron chi connectivity index (χ3n) is 4.46. The average Bonchev–Trinajstić information content (AvgIpc) is 3.24. The zero-order valence-electron chi connectivity index (χ0n) is 13.8. The molecular formula is C17H19N5O2S. The molecule has 4 rings (SSSR count). The molecule has 1 atom stereocenters. The molecule has 25 heavy (non-hydrogen) atoms. The van der Waals surface area contributed by atoms with Crippen molar-refractivity contribution >= 4 is 10.0 Å². The number of fused-ring (bicyclic) bond motifs is 1. The molecule has 8 heteroatoms. The lowest BCUT2D eigenvalue weighted by Gasteiger charge is -2.23. The van der Waals surface area contributed by atoms with E-state index in [4.69, 9.17) is 0 Å². The minimum Gasteiger partial charge on any atom is -0.342 e. The molecule has 3 aromatic rings. The summed E-state index contributed by atoms with van der Waals surface area (Å²) in [5.74, 6) is 0.657. The predicted molar refractivity (Wildman–Crippen MR) is 93.3 cm³/mol. The topological polar surface area (TPSA) is 104 Å². The molecule has 7 nitrogen and oxygen atoms in total. The van der Waals surface area contributed by atoms with Crippen LogP contribution in [-0.4, -0.2) is 28.6 Å². The van der Waals surface area contributed by atoms with Gasteiger partial charge in [-0.3, -0.25) is 5.10 Å². The zero-order valence-corrected chi connectivity index (χ0v) is 14.6. The quantitative estimate of drug-likeness (QED) is 0.667. The van der Waals surface area contributed by atoms with Gasteiger partial charge in [0, 0.05) is 28.7 Å². The molecule has 0 aliphatic heterocycles. The van der Waals surface area contributed by atoms with Gasteiger partial charge in [-0.1, -0.05) is 12.1 Å². The molecule has 1 aromatic carbocycles. The van der Waals surface area contributed by atoms with Crippen LogP contribution >= 0.6 is 0 Å². The van der Waals surface area contributed by atoms with Crippen molar-refractivity contribution in [2.45, 2.75) is 37.1 Å². The summed E-state index contributed by atoms with van der Waals surface area (Å²) in [6, 6.07) is 6.56. The van der Waals surface area contributed by atoms with Crippen LogP contribution in [0.2, 0.25) is 0 Å². The molecular weight excluding hydrogens is 338 g/mol. The van der Waals surface area contributed by atoms with E-state index in [0.717, 1.165) is 41.8 Å². The SMILES string of the molecule is Cc1cnc(-c2cccc(S(=O)(=O)NC3CCCc4[nH]ncc43)c2)[nH]1. The van der Waals surface area contributed by atoms with E-state index in [2.05, 4.69) is 24.9 Å². The molecule has 130 valence electrons. The Morgan fingerprint density at radius 3 is 2.96 bits per heavy atom. The van der Waals surface area contributed by atoms with Gasteiger partial charge in [-0.2, -0.15) is 5.10 Å². The monoisotopic (exact) mass is 357 g/mol. The molecule has 0 fully saturated rings. The first-order valence-electron chi connectivity index (χ1n) is 8.19. The van der Waals surface area contributed by atoms with Crippen molar-refractivity contribution in [1.29, 1.82) is 0 Å². The number of H-pyrrole nitrogens is 2. The summed E-state index contributed by atoms with van der Waals surface area (Å²) < 4.78 is 28.5. The lowest BCUT2D eigenvalue weighted by molar-refractivity contribution is 0.505. The largest absolute Gasteiger partial charge is 0.342 e. The molecule has 0 amide bonds. The summed E-state index contributed by atoms with van der Waals surface area (Å²) >= 11 is 0. The van der Waals surface area contributed by atoms with Crippen LogP contribution in [-0.2, 0) is 16.4 Å². The molecule has 2 heterocycles. The van der Waals surface area contributed by atoms with Crippen molar-refractivity contribution in [2.75, 3.05) is 0 Å². The van der Waals surface area contributed by atoms with Gasteiger partial charge in [-0.15, -0.1) is 0 Å². The summed E-state index contributed by atoms with van der Waals surface area (Å²) in [5, 5.41) is 6.99. The van der Waals surface area contributed by atoms with E-state index in [1.807, 2.05) is 13.0 Å². The molecule has 0 bridgehead atoms. The summed E-state index contributed by atoms with van der Waals surface area (Å²) in [7, 11) is -3.64. The van der Waals surface area contributed by atoms with Gasteiger partial charge in [-0.25, -0.2) is 18.1 Å². The molecule has 0 saturated carbocycles. The second-order valence-electron chi connectivity index (χ2n) is 6.31. The van der Waals surface area contributed by atoms with Gasteiger partial charge < -0.3 is 4.98 Å². The normalized spacial score (nSPS) is 17.4. The van der Waals surface area contributed by atoms with Crippen molar-refractivity contribution in [1.82, 2.24) is 24.9 Å². The fourth-order valence-corrected chi connectivity index (χ4v) is 4.50. The minimum absolute atomic E-state index is 0.231. The second-order valence-corrected chi connectivity index (χ2v) is 8.03. The van der Waals surface area contributed by atoms with Crippen LogP contribution in [0.15, 0.2) is 41.6 Å². The number of rotatable bonds is 4. The Morgan fingerprint density at radius 2 is 2.16 bits per heavy atom. The molecule has 0 spiro atoms. The Hall–Kier alpha value is -2.45. The van der Waals surface area contributed by atoms with Gasteiger partial charge in [0.2, 0.25) is 10.0 Å². The summed E-state index contributed by atoms with van der Waals surface area (Å²) in [5.41, 5.74) is 3.62. The van der Waals surface area contributed by atoms with Crippen molar-refractivity contribution in [2.24, 2.45) is 0 Å². The van der Waals surface area contributed by atoms with Crippen molar-refractivity contribution in [3.8, 4) is 11.4 Å². The highest BCUT2D eigenvalue weighted by Gasteiger charge is 2.27. The van der Waals surface area contributed by atoms with Crippen LogP contribution in [0.3, 0.4) is 0 Å². The number of benzene rings is 1. The van der Waals surface area contributed by atoms with Crippen LogP contribution in [0.5, 0.6) is 0 Å². The molecule has 2 aromatic heterocycles. The van der Waals surface area contributed by atoms with E-state index in [1.54, 1.807) is 30.6 Å². The molecule has 0 radical (unpaired) electrons. The van der Waals surface area contributed by atoms with E-state index < -0.39 is 10.0 Å². The number of aryl methyl sites for hydroxylation is 2. The lowest BCUT2D eigenvalue weighted by atomic mass is 9.94. The standard InChI is InChI=1S/C17H19N5O2S/c1-11-9-18-17(20-11)12-4-2-5-13(8-12)25(23,24)22-16-7-3-6-15-14(16)10-19-21-15/h2,4-5,8-10,16,22H,3,6-7H2,1H3,(H,18,20)(H,19,21). The highest BCUT2D eigenvalue weighted by atomic mass is 32.2. The van der Waals surface area contributed by atoms with Crippen molar-refractivity contribution in [3.05, 3.63) is 53.6 Å². The Balaban J connectivity index is 1.63. The maximum atomic E-state index is 12.8. The van der Waals surface area contributed by atoms with Gasteiger partial charge in [0.05, 0.1) is 17.1 Å². The number of hydrogen-bond donors (Lipinski definition) is 3. The number of nitrogens with zero attached hydrogens (tertiary/aromatic N) is 2. The second kappa shape index (κ2) is 6.12. The van der Waals surface area contributed by atoms with Crippen molar-refractivity contribution in [3.63, 3.8) is 0 Å². The van der Waals surface area contributed by atoms with Crippen LogP contribution in [0.25, 0.3) is 11.4 Å². The maximum Gasteiger partial charge on any atom is 0.241 e. The highest BCUT2D eigenvalue weighted by Crippen LogP contribution is 2.30. The fourth-order valence-electron chi connectivity index (χ4n) is 3.21. The van der Waals surface area contributed by atoms with Gasteiger partial charge in [0.25, 0.3) is 0 Å². The average molecular weight is 357 g/mol. The molecule has 1 aliphatic carbocycles. The molecule has 1 unspecified atom stereocenters. The van der Waals surface area contributed by atoms with Gasteiger partial charge in [0.1, 0.15) is 5.82 Å². The number of nitrogens with one attached hydrogen (secondary N) is 3. The Labute approximate surface area is 146 Å². The van der Waals surface area contributed by atoms with Gasteiger partial charge in [0.15, 0.2) is 0 Å². The number of sulfonamides is 1. The highest BCUT2D eigenvalue weighted by molar-refractivity contribution is 7.89. The summed E-state index contributed by atoms with van der Waals surface area (Å²) in [6.45, 7) is 1.91. The summed E-state index contributed by atoms with van der Waals surface area (Å²) in [4.78, 5) is 7.62. The number of imidazole rings is 1. The Kier molecular flexibility index (Phi) is 3.93. The maximum absolute atomic E-state index is 12.8. The lowest BCUT2D eigenvalue weighted by Crippen LogP contribution is -2.30. The molecule has 1 aliphatic rings. The summed E-state index contributed by atoms with van der Waals surface area (Å²) in [6.07, 6.45) is 6.03. The van der Waals surface area contributed by atoms with Gasteiger partial charge in [-0.05, 0) is 38.3 Å². The third-order valence-corrected chi connectivity index (χ3v) is 5.93. The predicted octanol–water partition coefficient (Wildman–Crippen LogP) is 2.46. The van der Waals surface area contributed by atoms with Crippen LogP contribution < -0.4 is 4.72 Å². The number of aromatic nitrogens is 4. The minimum atomic E-state index is -3.64.